The summed E-state index contributed by atoms with van der Waals surface area (Å²) in [6.45, 7) is 5.53. The van der Waals surface area contributed by atoms with Crippen LogP contribution in [0.2, 0.25) is 0 Å². The molecule has 0 bridgehead atoms. The van der Waals surface area contributed by atoms with E-state index in [1.54, 1.807) is 0 Å². The van der Waals surface area contributed by atoms with Crippen molar-refractivity contribution in [3.63, 3.8) is 0 Å². The number of primary amides is 1. The molecule has 16 heavy (non-hydrogen) atoms. The Balaban J connectivity index is 1.79. The van der Waals surface area contributed by atoms with E-state index in [4.69, 9.17) is 5.73 Å². The Hall–Kier alpha value is -0.570. The normalized spacial score (nSPS) is 36.4. The Morgan fingerprint density at radius 2 is 2.06 bits per heavy atom. The first-order valence-corrected chi connectivity index (χ1v) is 6.68. The molecule has 0 aromatic rings. The van der Waals surface area contributed by atoms with Crippen LogP contribution in [0.5, 0.6) is 0 Å². The summed E-state index contributed by atoms with van der Waals surface area (Å²) in [6.07, 6.45) is 6.52. The maximum absolute atomic E-state index is 11.1. The third-order valence-corrected chi connectivity index (χ3v) is 4.46. The van der Waals surface area contributed by atoms with Gasteiger partial charge in [-0.15, -0.1) is 0 Å². The van der Waals surface area contributed by atoms with E-state index in [2.05, 4.69) is 11.8 Å². The molecule has 0 aromatic heterocycles. The Morgan fingerprint density at radius 1 is 1.31 bits per heavy atom. The van der Waals surface area contributed by atoms with E-state index in [-0.39, 0.29) is 11.8 Å². The molecule has 1 heterocycles. The predicted molar refractivity (Wildman–Crippen MR) is 64.9 cm³/mol. The van der Waals surface area contributed by atoms with Crippen molar-refractivity contribution < 1.29 is 4.79 Å². The third-order valence-electron chi connectivity index (χ3n) is 4.46. The highest BCUT2D eigenvalue weighted by Gasteiger charge is 2.30. The molecule has 3 atom stereocenters. The lowest BCUT2D eigenvalue weighted by molar-refractivity contribution is -0.121. The van der Waals surface area contributed by atoms with Crippen LogP contribution in [0.1, 0.15) is 39.0 Å². The van der Waals surface area contributed by atoms with E-state index in [1.807, 2.05) is 0 Å². The SMILES string of the molecule is C[C@@H]1CCCC[C@@H]1CN1CC[C@@H](C(N)=O)C1. The summed E-state index contributed by atoms with van der Waals surface area (Å²) in [5, 5.41) is 0. The lowest BCUT2D eigenvalue weighted by Gasteiger charge is -2.32. The number of amides is 1. The lowest BCUT2D eigenvalue weighted by Crippen LogP contribution is -2.33. The molecule has 3 nitrogen and oxygen atoms in total. The molecule has 0 spiro atoms. The van der Waals surface area contributed by atoms with E-state index in [9.17, 15) is 4.79 Å². The molecule has 1 saturated heterocycles. The zero-order chi connectivity index (χ0) is 11.5. The molecule has 0 radical (unpaired) electrons. The fourth-order valence-electron chi connectivity index (χ4n) is 3.23. The van der Waals surface area contributed by atoms with Gasteiger partial charge >= 0.3 is 0 Å². The molecule has 2 rings (SSSR count). The highest BCUT2D eigenvalue weighted by atomic mass is 16.1. The van der Waals surface area contributed by atoms with E-state index in [0.717, 1.165) is 31.3 Å². The van der Waals surface area contributed by atoms with Gasteiger partial charge in [0.25, 0.3) is 0 Å². The first-order valence-electron chi connectivity index (χ1n) is 6.68. The highest BCUT2D eigenvalue weighted by Crippen LogP contribution is 2.31. The zero-order valence-electron chi connectivity index (χ0n) is 10.3. The Labute approximate surface area is 98.4 Å². The number of hydrogen-bond donors (Lipinski definition) is 1. The molecule has 1 amide bonds. The van der Waals surface area contributed by atoms with E-state index in [1.165, 1.54) is 32.2 Å². The number of hydrogen-bond acceptors (Lipinski definition) is 2. The van der Waals surface area contributed by atoms with Gasteiger partial charge in [0.1, 0.15) is 0 Å². The van der Waals surface area contributed by atoms with Crippen LogP contribution in [-0.2, 0) is 4.79 Å². The molecule has 3 heteroatoms. The van der Waals surface area contributed by atoms with Gasteiger partial charge in [-0.25, -0.2) is 0 Å². The summed E-state index contributed by atoms with van der Waals surface area (Å²) in [4.78, 5) is 13.5. The number of nitrogens with zero attached hydrogens (tertiary/aromatic N) is 1. The maximum Gasteiger partial charge on any atom is 0.221 e. The van der Waals surface area contributed by atoms with Crippen molar-refractivity contribution in [1.29, 1.82) is 0 Å². The van der Waals surface area contributed by atoms with Crippen LogP contribution >= 0.6 is 0 Å². The van der Waals surface area contributed by atoms with Crippen LogP contribution < -0.4 is 5.73 Å². The monoisotopic (exact) mass is 224 g/mol. The molecule has 0 aromatic carbocycles. The van der Waals surface area contributed by atoms with Crippen LogP contribution in [-0.4, -0.2) is 30.4 Å². The molecule has 1 aliphatic heterocycles. The fourth-order valence-corrected chi connectivity index (χ4v) is 3.23. The van der Waals surface area contributed by atoms with Crippen molar-refractivity contribution in [2.75, 3.05) is 19.6 Å². The van der Waals surface area contributed by atoms with Gasteiger partial charge in [-0.3, -0.25) is 4.79 Å². The lowest BCUT2D eigenvalue weighted by atomic mass is 9.80. The second-order valence-corrected chi connectivity index (χ2v) is 5.67. The molecule has 0 unspecified atom stereocenters. The second-order valence-electron chi connectivity index (χ2n) is 5.67. The van der Waals surface area contributed by atoms with Crippen molar-refractivity contribution in [2.24, 2.45) is 23.5 Å². The first-order chi connectivity index (χ1) is 7.66. The van der Waals surface area contributed by atoms with Crippen molar-refractivity contribution in [3.05, 3.63) is 0 Å². The van der Waals surface area contributed by atoms with Crippen molar-refractivity contribution >= 4 is 5.91 Å². The fraction of sp³-hybridized carbons (Fsp3) is 0.923. The summed E-state index contributed by atoms with van der Waals surface area (Å²) < 4.78 is 0. The third kappa shape index (κ3) is 2.76. The zero-order valence-corrected chi connectivity index (χ0v) is 10.3. The van der Waals surface area contributed by atoms with Gasteiger partial charge in [0, 0.05) is 13.1 Å². The molecule has 2 fully saturated rings. The summed E-state index contributed by atoms with van der Waals surface area (Å²) in [5.41, 5.74) is 5.35. The number of carbonyl (C=O) groups excluding carboxylic acids is 1. The quantitative estimate of drug-likeness (QED) is 0.792. The second kappa shape index (κ2) is 5.17. The van der Waals surface area contributed by atoms with Gasteiger partial charge in [0.2, 0.25) is 5.91 Å². The topological polar surface area (TPSA) is 46.3 Å². The molecule has 2 N–H and O–H groups in total. The van der Waals surface area contributed by atoms with E-state index >= 15 is 0 Å². The molecule has 1 saturated carbocycles. The van der Waals surface area contributed by atoms with Crippen molar-refractivity contribution in [1.82, 2.24) is 4.90 Å². The van der Waals surface area contributed by atoms with Crippen molar-refractivity contribution in [2.45, 2.75) is 39.0 Å². The number of rotatable bonds is 3. The van der Waals surface area contributed by atoms with Crippen LogP contribution in [0, 0.1) is 17.8 Å². The maximum atomic E-state index is 11.1. The van der Waals surface area contributed by atoms with Crippen LogP contribution in [0.3, 0.4) is 0 Å². The average molecular weight is 224 g/mol. The molecular formula is C13H24N2O. The Bertz CT molecular complexity index is 254. The average Bonchev–Trinajstić information content (AvgIpc) is 2.70. The first kappa shape index (κ1) is 11.9. The van der Waals surface area contributed by atoms with Crippen molar-refractivity contribution in [3.8, 4) is 0 Å². The van der Waals surface area contributed by atoms with E-state index in [0.29, 0.717) is 0 Å². The molecule has 1 aliphatic carbocycles. The Morgan fingerprint density at radius 3 is 2.69 bits per heavy atom. The van der Waals surface area contributed by atoms with Crippen LogP contribution in [0.15, 0.2) is 0 Å². The Kier molecular flexibility index (Phi) is 3.85. The van der Waals surface area contributed by atoms with Gasteiger partial charge in [-0.05, 0) is 31.2 Å². The van der Waals surface area contributed by atoms with Gasteiger partial charge in [-0.2, -0.15) is 0 Å². The smallest absolute Gasteiger partial charge is 0.221 e. The van der Waals surface area contributed by atoms with Gasteiger partial charge in [0.05, 0.1) is 5.92 Å². The number of nitrogens with two attached hydrogens (primary N) is 1. The summed E-state index contributed by atoms with van der Waals surface area (Å²) in [6, 6.07) is 0. The highest BCUT2D eigenvalue weighted by molar-refractivity contribution is 5.77. The molecular weight excluding hydrogens is 200 g/mol. The van der Waals surface area contributed by atoms with E-state index < -0.39 is 0 Å². The minimum Gasteiger partial charge on any atom is -0.369 e. The minimum atomic E-state index is -0.112. The van der Waals surface area contributed by atoms with Crippen LogP contribution in [0.25, 0.3) is 0 Å². The largest absolute Gasteiger partial charge is 0.369 e. The molecule has 92 valence electrons. The summed E-state index contributed by atoms with van der Waals surface area (Å²) in [7, 11) is 0. The predicted octanol–water partition coefficient (Wildman–Crippen LogP) is 1.62. The summed E-state index contributed by atoms with van der Waals surface area (Å²) >= 11 is 0. The van der Waals surface area contributed by atoms with Gasteiger partial charge in [0.15, 0.2) is 0 Å². The molecule has 2 aliphatic rings. The van der Waals surface area contributed by atoms with Gasteiger partial charge in [-0.1, -0.05) is 26.2 Å². The van der Waals surface area contributed by atoms with Gasteiger partial charge < -0.3 is 10.6 Å². The number of carbonyl (C=O) groups is 1. The minimum absolute atomic E-state index is 0.110. The number of likely N-dealkylation sites (tertiary alicyclic amines) is 1. The van der Waals surface area contributed by atoms with Crippen LogP contribution in [0.4, 0.5) is 0 Å². The standard InChI is InChI=1S/C13H24N2O/c1-10-4-2-3-5-11(10)8-15-7-6-12(9-15)13(14)16/h10-12H,2-9H2,1H3,(H2,14,16)/t10-,11-,12-/m1/s1. The summed E-state index contributed by atoms with van der Waals surface area (Å²) in [5.74, 6) is 1.71.